The molecule has 0 aliphatic rings. The Labute approximate surface area is 215 Å². The number of hydrogen-bond donors (Lipinski definition) is 0. The number of hydrogen-bond acceptors (Lipinski definition) is 6. The molecule has 0 N–H and O–H groups in total. The van der Waals surface area contributed by atoms with Crippen molar-refractivity contribution in [3.63, 3.8) is 0 Å². The molecule has 0 radical (unpaired) electrons. The fraction of sp³-hybridized carbons (Fsp3) is 0.467. The lowest BCUT2D eigenvalue weighted by Gasteiger charge is -2.11. The van der Waals surface area contributed by atoms with Gasteiger partial charge in [0.25, 0.3) is 0 Å². The predicted octanol–water partition coefficient (Wildman–Crippen LogP) is 7.40. The fourth-order valence-corrected chi connectivity index (χ4v) is 3.53. The van der Waals surface area contributed by atoms with Crippen molar-refractivity contribution in [2.24, 2.45) is 0 Å². The zero-order valence-corrected chi connectivity index (χ0v) is 21.9. The summed E-state index contributed by atoms with van der Waals surface area (Å²) in [6, 6.07) is 12.0. The number of benzene rings is 2. The molecular weight excluding hydrogens is 456 g/mol. The number of carbonyl (C=O) groups is 2. The summed E-state index contributed by atoms with van der Waals surface area (Å²) in [6.07, 6.45) is 13.1. The van der Waals surface area contributed by atoms with E-state index in [4.69, 9.17) is 18.9 Å². The first kappa shape index (κ1) is 29.0. The highest BCUT2D eigenvalue weighted by molar-refractivity contribution is 5.91. The maximum Gasteiger partial charge on any atom is 0.343 e. The second-order valence-corrected chi connectivity index (χ2v) is 8.65. The molecule has 2 aromatic carbocycles. The van der Waals surface area contributed by atoms with Gasteiger partial charge in [-0.25, -0.2) is 9.59 Å². The van der Waals surface area contributed by atoms with Gasteiger partial charge in [-0.3, -0.25) is 0 Å². The zero-order valence-electron chi connectivity index (χ0n) is 21.9. The van der Waals surface area contributed by atoms with Crippen molar-refractivity contribution in [3.05, 3.63) is 59.7 Å². The first-order chi connectivity index (χ1) is 17.6. The summed E-state index contributed by atoms with van der Waals surface area (Å²) in [5.41, 5.74) is 1.14. The lowest BCUT2D eigenvalue weighted by Crippen LogP contribution is -2.09. The Morgan fingerprint density at radius 2 is 1.44 bits per heavy atom. The minimum atomic E-state index is -0.492. The van der Waals surface area contributed by atoms with Gasteiger partial charge in [0.1, 0.15) is 5.75 Å². The Kier molecular flexibility index (Phi) is 13.8. The number of carbonyl (C=O) groups excluding carboxylic acids is 2. The normalized spacial score (nSPS) is 10.9. The second kappa shape index (κ2) is 17.2. The largest absolute Gasteiger partial charge is 0.494 e. The summed E-state index contributed by atoms with van der Waals surface area (Å²) >= 11 is 0. The van der Waals surface area contributed by atoms with E-state index >= 15 is 0 Å². The standard InChI is InChI=1S/C30H40O6/c1-4-6-8-10-12-22-35-29(31)20-14-24-13-19-27(28(23-24)33-3)36-30(32)25-15-17-26(18-16-25)34-21-11-9-7-5-2/h13-20,23H,4-12,21-22H2,1-3H3/b20-14+. The molecular formula is C30H40O6. The third-order valence-corrected chi connectivity index (χ3v) is 5.65. The van der Waals surface area contributed by atoms with E-state index in [1.807, 2.05) is 0 Å². The molecule has 196 valence electrons. The van der Waals surface area contributed by atoms with Crippen molar-refractivity contribution in [2.75, 3.05) is 20.3 Å². The molecule has 0 unspecified atom stereocenters. The molecule has 0 amide bonds. The van der Waals surface area contributed by atoms with Gasteiger partial charge in [0.15, 0.2) is 11.5 Å². The SMILES string of the molecule is CCCCCCCOC(=O)/C=C/c1ccc(OC(=O)c2ccc(OCCCCCC)cc2)c(OC)c1. The number of unbranched alkanes of at least 4 members (excludes halogenated alkanes) is 7. The van der Waals surface area contributed by atoms with E-state index in [0.717, 1.165) is 37.0 Å². The third kappa shape index (κ3) is 11.0. The van der Waals surface area contributed by atoms with Crippen molar-refractivity contribution < 1.29 is 28.5 Å². The quantitative estimate of drug-likeness (QED) is 0.0983. The van der Waals surface area contributed by atoms with Crippen molar-refractivity contribution >= 4 is 18.0 Å². The van der Waals surface area contributed by atoms with Crippen LogP contribution < -0.4 is 14.2 Å². The molecule has 0 bridgehead atoms. The van der Waals surface area contributed by atoms with Crippen molar-refractivity contribution in [1.82, 2.24) is 0 Å². The van der Waals surface area contributed by atoms with Crippen LogP contribution in [0.3, 0.4) is 0 Å². The number of ether oxygens (including phenoxy) is 4. The first-order valence-electron chi connectivity index (χ1n) is 13.0. The van der Waals surface area contributed by atoms with E-state index in [1.54, 1.807) is 48.5 Å². The van der Waals surface area contributed by atoms with Crippen molar-refractivity contribution in [1.29, 1.82) is 0 Å². The van der Waals surface area contributed by atoms with Gasteiger partial charge in [-0.1, -0.05) is 64.9 Å². The first-order valence-corrected chi connectivity index (χ1v) is 13.0. The van der Waals surface area contributed by atoms with Gasteiger partial charge in [-0.05, 0) is 60.9 Å². The van der Waals surface area contributed by atoms with Crippen LogP contribution in [-0.4, -0.2) is 32.3 Å². The second-order valence-electron chi connectivity index (χ2n) is 8.65. The highest BCUT2D eigenvalue weighted by atomic mass is 16.6. The smallest absolute Gasteiger partial charge is 0.343 e. The Balaban J connectivity index is 1.86. The molecule has 0 saturated carbocycles. The molecule has 0 saturated heterocycles. The summed E-state index contributed by atoms with van der Waals surface area (Å²) in [5, 5.41) is 0. The Hall–Kier alpha value is -3.28. The van der Waals surface area contributed by atoms with Gasteiger partial charge in [0.05, 0.1) is 25.9 Å². The minimum Gasteiger partial charge on any atom is -0.494 e. The molecule has 0 heterocycles. The molecule has 0 atom stereocenters. The Morgan fingerprint density at radius 1 is 0.778 bits per heavy atom. The Bertz CT molecular complexity index is 948. The van der Waals surface area contributed by atoms with E-state index in [2.05, 4.69) is 13.8 Å². The van der Waals surface area contributed by atoms with E-state index < -0.39 is 5.97 Å². The summed E-state index contributed by atoms with van der Waals surface area (Å²) in [4.78, 5) is 24.5. The van der Waals surface area contributed by atoms with E-state index in [0.29, 0.717) is 30.3 Å². The molecule has 0 aromatic heterocycles. The molecule has 0 aliphatic heterocycles. The highest BCUT2D eigenvalue weighted by Gasteiger charge is 2.13. The van der Waals surface area contributed by atoms with Crippen LogP contribution in [0.5, 0.6) is 17.2 Å². The van der Waals surface area contributed by atoms with Crippen LogP contribution in [0.4, 0.5) is 0 Å². The predicted molar refractivity (Wildman–Crippen MR) is 143 cm³/mol. The Morgan fingerprint density at radius 3 is 2.14 bits per heavy atom. The molecule has 6 nitrogen and oxygen atoms in total. The topological polar surface area (TPSA) is 71.1 Å². The average molecular weight is 497 g/mol. The number of rotatable bonds is 17. The zero-order chi connectivity index (χ0) is 26.0. The van der Waals surface area contributed by atoms with Crippen molar-refractivity contribution in [2.45, 2.75) is 71.6 Å². The molecule has 0 aliphatic carbocycles. The lowest BCUT2D eigenvalue weighted by molar-refractivity contribution is -0.137. The summed E-state index contributed by atoms with van der Waals surface area (Å²) < 4.78 is 21.9. The van der Waals surface area contributed by atoms with Crippen molar-refractivity contribution in [3.8, 4) is 17.2 Å². The van der Waals surface area contributed by atoms with Crippen LogP contribution >= 0.6 is 0 Å². The monoisotopic (exact) mass is 496 g/mol. The van der Waals surface area contributed by atoms with Crippen LogP contribution in [0.1, 0.15) is 87.6 Å². The van der Waals surface area contributed by atoms with E-state index in [1.165, 1.54) is 45.3 Å². The van der Waals surface area contributed by atoms with E-state index in [9.17, 15) is 9.59 Å². The summed E-state index contributed by atoms with van der Waals surface area (Å²) in [5.74, 6) is 0.543. The number of methoxy groups -OCH3 is 1. The van der Waals surface area contributed by atoms with Crippen LogP contribution in [0.15, 0.2) is 48.5 Å². The van der Waals surface area contributed by atoms with Gasteiger partial charge < -0.3 is 18.9 Å². The number of esters is 2. The van der Waals surface area contributed by atoms with Crippen LogP contribution in [0.25, 0.3) is 6.08 Å². The maximum atomic E-state index is 12.6. The van der Waals surface area contributed by atoms with Crippen LogP contribution in [0.2, 0.25) is 0 Å². The minimum absolute atomic E-state index is 0.297. The highest BCUT2D eigenvalue weighted by Crippen LogP contribution is 2.29. The van der Waals surface area contributed by atoms with Gasteiger partial charge in [-0.15, -0.1) is 0 Å². The summed E-state index contributed by atoms with van der Waals surface area (Å²) in [7, 11) is 1.50. The lowest BCUT2D eigenvalue weighted by atomic mass is 10.1. The maximum absolute atomic E-state index is 12.6. The van der Waals surface area contributed by atoms with Crippen LogP contribution in [-0.2, 0) is 9.53 Å². The third-order valence-electron chi connectivity index (χ3n) is 5.65. The molecule has 6 heteroatoms. The average Bonchev–Trinajstić information content (AvgIpc) is 2.90. The molecule has 2 aromatic rings. The molecule has 2 rings (SSSR count). The molecule has 0 spiro atoms. The van der Waals surface area contributed by atoms with Crippen LogP contribution in [0, 0.1) is 0 Å². The fourth-order valence-electron chi connectivity index (χ4n) is 3.53. The van der Waals surface area contributed by atoms with E-state index in [-0.39, 0.29) is 5.97 Å². The van der Waals surface area contributed by atoms with Gasteiger partial charge >= 0.3 is 11.9 Å². The van der Waals surface area contributed by atoms with Gasteiger partial charge in [0, 0.05) is 6.08 Å². The van der Waals surface area contributed by atoms with Gasteiger partial charge in [-0.2, -0.15) is 0 Å². The molecule has 36 heavy (non-hydrogen) atoms. The van der Waals surface area contributed by atoms with Gasteiger partial charge in [0.2, 0.25) is 0 Å². The molecule has 0 fully saturated rings. The summed E-state index contributed by atoms with van der Waals surface area (Å²) in [6.45, 7) is 5.44.